The third-order valence-electron chi connectivity index (χ3n) is 4.38. The number of anilines is 1. The van der Waals surface area contributed by atoms with Gasteiger partial charge in [0.05, 0.1) is 20.8 Å². The van der Waals surface area contributed by atoms with Gasteiger partial charge in [0.2, 0.25) is 0 Å². The van der Waals surface area contributed by atoms with Gasteiger partial charge in [0.25, 0.3) is 0 Å². The Morgan fingerprint density at radius 2 is 1.79 bits per heavy atom. The van der Waals surface area contributed by atoms with Crippen molar-refractivity contribution in [3.8, 4) is 11.5 Å². The van der Waals surface area contributed by atoms with Crippen LogP contribution in [0.25, 0.3) is 0 Å². The molecule has 1 saturated heterocycles. The Kier molecular flexibility index (Phi) is 7.95. The number of nitrogens with two attached hydrogens (primary N) is 1. The van der Waals surface area contributed by atoms with E-state index in [0.29, 0.717) is 37.1 Å². The van der Waals surface area contributed by atoms with Gasteiger partial charge in [-0.1, -0.05) is 0 Å². The Morgan fingerprint density at radius 3 is 2.38 bits per heavy atom. The summed E-state index contributed by atoms with van der Waals surface area (Å²) in [5.41, 5.74) is 6.28. The summed E-state index contributed by atoms with van der Waals surface area (Å²) in [6.07, 6.45) is -0.251. The van der Waals surface area contributed by atoms with Gasteiger partial charge in [-0.15, -0.1) is 0 Å². The van der Waals surface area contributed by atoms with E-state index in [-0.39, 0.29) is 6.09 Å². The normalized spacial score (nSPS) is 15.8. The lowest BCUT2D eigenvalue weighted by Crippen LogP contribution is -2.50. The average molecular weight is 408 g/mol. The number of benzene rings is 1. The predicted molar refractivity (Wildman–Crippen MR) is 114 cm³/mol. The van der Waals surface area contributed by atoms with E-state index in [0.717, 1.165) is 25.3 Å². The Bertz CT molecular complexity index is 709. The van der Waals surface area contributed by atoms with Gasteiger partial charge in [-0.05, 0) is 32.9 Å². The molecule has 1 amide bonds. The van der Waals surface area contributed by atoms with Gasteiger partial charge >= 0.3 is 6.09 Å². The lowest BCUT2D eigenvalue weighted by molar-refractivity contribution is 0.0148. The molecule has 1 aliphatic heterocycles. The minimum absolute atomic E-state index is 0.251. The number of guanidine groups is 1. The minimum atomic E-state index is -0.471. The maximum atomic E-state index is 12.1. The largest absolute Gasteiger partial charge is 0.493 e. The van der Waals surface area contributed by atoms with Gasteiger partial charge in [-0.2, -0.15) is 0 Å². The van der Waals surface area contributed by atoms with Crippen molar-refractivity contribution in [1.29, 1.82) is 0 Å². The van der Waals surface area contributed by atoms with Crippen molar-refractivity contribution in [2.75, 3.05) is 58.8 Å². The third-order valence-corrected chi connectivity index (χ3v) is 4.38. The number of aliphatic imine (C=N–C) groups is 1. The van der Waals surface area contributed by atoms with Crippen molar-refractivity contribution in [3.63, 3.8) is 0 Å². The summed E-state index contributed by atoms with van der Waals surface area (Å²) in [6, 6.07) is 5.45. The molecule has 0 radical (unpaired) electrons. The van der Waals surface area contributed by atoms with Crippen molar-refractivity contribution in [3.05, 3.63) is 18.2 Å². The molecule has 0 aliphatic carbocycles. The molecule has 0 saturated carbocycles. The molecule has 1 aromatic carbocycles. The average Bonchev–Trinajstić information content (AvgIpc) is 2.67. The van der Waals surface area contributed by atoms with E-state index < -0.39 is 5.60 Å². The van der Waals surface area contributed by atoms with Crippen molar-refractivity contribution in [2.24, 2.45) is 10.7 Å². The number of carbonyl (C=O) groups excluding carboxylic acids is 1. The molecule has 29 heavy (non-hydrogen) atoms. The van der Waals surface area contributed by atoms with Crippen molar-refractivity contribution < 1.29 is 19.0 Å². The first kappa shape index (κ1) is 22.6. The molecule has 9 heteroatoms. The number of carbonyl (C=O) groups is 1. The van der Waals surface area contributed by atoms with E-state index in [9.17, 15) is 4.79 Å². The highest BCUT2D eigenvalue weighted by molar-refractivity contribution is 5.92. The van der Waals surface area contributed by atoms with Crippen LogP contribution in [0.1, 0.15) is 20.8 Å². The monoisotopic (exact) mass is 407 g/mol. The summed E-state index contributed by atoms with van der Waals surface area (Å²) in [6.45, 7) is 9.85. The lowest BCUT2D eigenvalue weighted by Gasteiger charge is -2.35. The second-order valence-corrected chi connectivity index (χ2v) is 7.77. The van der Waals surface area contributed by atoms with Gasteiger partial charge in [-0.3, -0.25) is 9.89 Å². The molecule has 9 nitrogen and oxygen atoms in total. The number of rotatable bonds is 6. The first-order valence-corrected chi connectivity index (χ1v) is 9.71. The summed E-state index contributed by atoms with van der Waals surface area (Å²) in [5.74, 6) is 1.61. The van der Waals surface area contributed by atoms with E-state index in [1.807, 2.05) is 26.8 Å². The number of methoxy groups -OCH3 is 2. The molecule has 0 spiro atoms. The molecule has 162 valence electrons. The molecule has 0 unspecified atom stereocenters. The molecule has 1 aliphatic rings. The maximum absolute atomic E-state index is 12.1. The topological polar surface area (TPSA) is 102 Å². The van der Waals surface area contributed by atoms with Gasteiger partial charge in [-0.25, -0.2) is 4.79 Å². The van der Waals surface area contributed by atoms with Crippen molar-refractivity contribution in [2.45, 2.75) is 26.4 Å². The Balaban J connectivity index is 1.75. The molecule has 1 fully saturated rings. The third kappa shape index (κ3) is 7.34. The van der Waals surface area contributed by atoms with Crippen LogP contribution in [0, 0.1) is 0 Å². The van der Waals surface area contributed by atoms with E-state index in [1.165, 1.54) is 0 Å². The fourth-order valence-electron chi connectivity index (χ4n) is 2.89. The Morgan fingerprint density at radius 1 is 1.14 bits per heavy atom. The van der Waals surface area contributed by atoms with Crippen LogP contribution in [0.4, 0.5) is 10.5 Å². The summed E-state index contributed by atoms with van der Waals surface area (Å²) in [4.78, 5) is 20.5. The second-order valence-electron chi connectivity index (χ2n) is 7.77. The summed E-state index contributed by atoms with van der Waals surface area (Å²) < 4.78 is 15.9. The van der Waals surface area contributed by atoms with Crippen LogP contribution in [0.2, 0.25) is 0 Å². The number of nitrogens with zero attached hydrogens (tertiary/aromatic N) is 3. The number of ether oxygens (including phenoxy) is 3. The molecule has 3 N–H and O–H groups in total. The van der Waals surface area contributed by atoms with Gasteiger partial charge in [0.1, 0.15) is 5.60 Å². The number of piperazine rings is 1. The molecule has 1 aromatic rings. The zero-order valence-electron chi connectivity index (χ0n) is 18.0. The highest BCUT2D eigenvalue weighted by Gasteiger charge is 2.25. The van der Waals surface area contributed by atoms with E-state index in [1.54, 1.807) is 31.3 Å². The molecule has 0 atom stereocenters. The SMILES string of the molecule is COc1ccc(NC(N)=NCCN2CCN(C(=O)OC(C)(C)C)CC2)cc1OC. The zero-order chi connectivity index (χ0) is 21.4. The fraction of sp³-hybridized carbons (Fsp3) is 0.600. The minimum Gasteiger partial charge on any atom is -0.493 e. The van der Waals surface area contributed by atoms with Crippen LogP contribution in [-0.4, -0.2) is 80.9 Å². The van der Waals surface area contributed by atoms with Crippen LogP contribution in [0.15, 0.2) is 23.2 Å². The number of hydrogen-bond acceptors (Lipinski definition) is 6. The van der Waals surface area contributed by atoms with Crippen LogP contribution < -0.4 is 20.5 Å². The summed E-state index contributed by atoms with van der Waals surface area (Å²) in [5, 5.41) is 3.05. The Hall–Kier alpha value is -2.68. The lowest BCUT2D eigenvalue weighted by atomic mass is 10.2. The predicted octanol–water partition coefficient (Wildman–Crippen LogP) is 1.98. The fourth-order valence-corrected chi connectivity index (χ4v) is 2.89. The molecule has 2 rings (SSSR count). The zero-order valence-corrected chi connectivity index (χ0v) is 18.0. The molecular weight excluding hydrogens is 374 g/mol. The number of amides is 1. The molecule has 0 bridgehead atoms. The first-order chi connectivity index (χ1) is 13.7. The van der Waals surface area contributed by atoms with Gasteiger partial charge in [0.15, 0.2) is 17.5 Å². The second kappa shape index (κ2) is 10.2. The molecule has 1 heterocycles. The van der Waals surface area contributed by atoms with Crippen LogP contribution in [-0.2, 0) is 4.74 Å². The van der Waals surface area contributed by atoms with Crippen molar-refractivity contribution >= 4 is 17.7 Å². The van der Waals surface area contributed by atoms with E-state index >= 15 is 0 Å². The smallest absolute Gasteiger partial charge is 0.410 e. The van der Waals surface area contributed by atoms with Gasteiger partial charge < -0.3 is 30.2 Å². The highest BCUT2D eigenvalue weighted by Crippen LogP contribution is 2.29. The van der Waals surface area contributed by atoms with Crippen molar-refractivity contribution in [1.82, 2.24) is 9.80 Å². The molecule has 0 aromatic heterocycles. The summed E-state index contributed by atoms with van der Waals surface area (Å²) in [7, 11) is 3.18. The first-order valence-electron chi connectivity index (χ1n) is 9.71. The van der Waals surface area contributed by atoms with E-state index in [2.05, 4.69) is 15.2 Å². The van der Waals surface area contributed by atoms with Gasteiger partial charge in [0, 0.05) is 44.5 Å². The number of hydrogen-bond donors (Lipinski definition) is 2. The van der Waals surface area contributed by atoms with Crippen LogP contribution in [0.5, 0.6) is 11.5 Å². The quantitative estimate of drug-likeness (QED) is 0.549. The number of nitrogens with one attached hydrogen (secondary N) is 1. The molecular formula is C20H33N5O4. The maximum Gasteiger partial charge on any atom is 0.410 e. The Labute approximate surface area is 172 Å². The highest BCUT2D eigenvalue weighted by atomic mass is 16.6. The van der Waals surface area contributed by atoms with Crippen LogP contribution >= 0.6 is 0 Å². The van der Waals surface area contributed by atoms with E-state index in [4.69, 9.17) is 19.9 Å². The summed E-state index contributed by atoms with van der Waals surface area (Å²) >= 11 is 0. The van der Waals surface area contributed by atoms with Crippen LogP contribution in [0.3, 0.4) is 0 Å². The standard InChI is InChI=1S/C20H33N5O4/c1-20(2,3)29-19(26)25-12-10-24(11-13-25)9-8-22-18(21)23-15-6-7-16(27-4)17(14-15)28-5/h6-7,14H,8-13H2,1-5H3,(H3,21,22,23).